The Bertz CT molecular complexity index is 411. The summed E-state index contributed by atoms with van der Waals surface area (Å²) in [5.41, 5.74) is 0. The van der Waals surface area contributed by atoms with E-state index in [0.717, 1.165) is 12.1 Å². The Kier molecular flexibility index (Phi) is 5.35. The number of ether oxygens (including phenoxy) is 1. The number of hydrogen-bond donors (Lipinski definition) is 2. The Labute approximate surface area is 104 Å². The molecule has 0 spiro atoms. The zero-order valence-electron chi connectivity index (χ0n) is 10.3. The molecule has 18 heavy (non-hydrogen) atoms. The van der Waals surface area contributed by atoms with Gasteiger partial charge in [-0.3, -0.25) is 0 Å². The Morgan fingerprint density at radius 2 is 2.06 bits per heavy atom. The third-order valence-electron chi connectivity index (χ3n) is 1.97. The molecule has 0 bridgehead atoms. The van der Waals surface area contributed by atoms with Crippen LogP contribution in [0.15, 0.2) is 18.2 Å². The number of urea groups is 1. The van der Waals surface area contributed by atoms with Crippen LogP contribution in [0.25, 0.3) is 0 Å². The summed E-state index contributed by atoms with van der Waals surface area (Å²) in [6.07, 6.45) is 0. The molecule has 0 aliphatic carbocycles. The van der Waals surface area contributed by atoms with E-state index in [0.29, 0.717) is 0 Å². The van der Waals surface area contributed by atoms with Gasteiger partial charge >= 0.3 is 6.03 Å². The van der Waals surface area contributed by atoms with E-state index in [1.54, 1.807) is 0 Å². The molecule has 4 nitrogen and oxygen atoms in total. The minimum absolute atomic E-state index is 0.0529. The molecule has 2 N–H and O–H groups in total. The van der Waals surface area contributed by atoms with Crippen LogP contribution in [-0.4, -0.2) is 25.2 Å². The highest BCUT2D eigenvalue weighted by Gasteiger charge is 2.04. The molecule has 2 amide bonds. The fourth-order valence-electron chi connectivity index (χ4n) is 1.21. The smallest absolute Gasteiger partial charge is 0.315 e. The van der Waals surface area contributed by atoms with Gasteiger partial charge in [-0.1, -0.05) is 0 Å². The molecular weight excluding hydrogens is 242 g/mol. The molecule has 1 rings (SSSR count). The summed E-state index contributed by atoms with van der Waals surface area (Å²) in [5, 5.41) is 5.21. The van der Waals surface area contributed by atoms with Gasteiger partial charge in [-0.05, 0) is 26.0 Å². The van der Waals surface area contributed by atoms with Gasteiger partial charge in [0.2, 0.25) is 0 Å². The molecule has 0 saturated carbocycles. The predicted molar refractivity (Wildman–Crippen MR) is 63.5 cm³/mol. The van der Waals surface area contributed by atoms with E-state index >= 15 is 0 Å². The van der Waals surface area contributed by atoms with Gasteiger partial charge in [-0.25, -0.2) is 13.6 Å². The van der Waals surface area contributed by atoms with Crippen molar-refractivity contribution < 1.29 is 18.3 Å². The zero-order chi connectivity index (χ0) is 13.5. The van der Waals surface area contributed by atoms with Crippen LogP contribution in [0.4, 0.5) is 13.6 Å². The largest absolute Gasteiger partial charge is 0.492 e. The van der Waals surface area contributed by atoms with Gasteiger partial charge in [-0.15, -0.1) is 0 Å². The van der Waals surface area contributed by atoms with Crippen LogP contribution in [0.5, 0.6) is 5.75 Å². The van der Waals surface area contributed by atoms with Gasteiger partial charge in [0, 0.05) is 12.1 Å². The van der Waals surface area contributed by atoms with Gasteiger partial charge < -0.3 is 15.4 Å². The first-order valence-electron chi connectivity index (χ1n) is 5.61. The normalized spacial score (nSPS) is 10.3. The van der Waals surface area contributed by atoms with E-state index < -0.39 is 11.6 Å². The fourth-order valence-corrected chi connectivity index (χ4v) is 1.21. The van der Waals surface area contributed by atoms with Crippen LogP contribution in [0, 0.1) is 11.6 Å². The van der Waals surface area contributed by atoms with Crippen molar-refractivity contribution in [1.29, 1.82) is 0 Å². The number of benzene rings is 1. The number of rotatable bonds is 5. The predicted octanol–water partition coefficient (Wildman–Crippen LogP) is 2.05. The van der Waals surface area contributed by atoms with Gasteiger partial charge in [-0.2, -0.15) is 0 Å². The van der Waals surface area contributed by atoms with Crippen LogP contribution < -0.4 is 15.4 Å². The van der Waals surface area contributed by atoms with Gasteiger partial charge in [0.25, 0.3) is 0 Å². The molecule has 0 atom stereocenters. The number of hydrogen-bond acceptors (Lipinski definition) is 2. The SMILES string of the molecule is CC(C)NC(=O)NCCOc1ccc(F)c(F)c1. The zero-order valence-corrected chi connectivity index (χ0v) is 10.3. The van der Waals surface area contributed by atoms with Crippen molar-refractivity contribution in [2.45, 2.75) is 19.9 Å². The van der Waals surface area contributed by atoms with E-state index in [4.69, 9.17) is 4.74 Å². The van der Waals surface area contributed by atoms with Crippen LogP contribution in [0.2, 0.25) is 0 Å². The van der Waals surface area contributed by atoms with E-state index in [1.165, 1.54) is 6.07 Å². The van der Waals surface area contributed by atoms with E-state index in [-0.39, 0.29) is 31.0 Å². The lowest BCUT2D eigenvalue weighted by molar-refractivity contribution is 0.234. The maximum absolute atomic E-state index is 12.8. The van der Waals surface area contributed by atoms with Crippen LogP contribution in [-0.2, 0) is 0 Å². The molecule has 0 aliphatic rings. The van der Waals surface area contributed by atoms with Crippen molar-refractivity contribution in [3.05, 3.63) is 29.8 Å². The summed E-state index contributed by atoms with van der Waals surface area (Å²) in [4.78, 5) is 11.2. The Morgan fingerprint density at radius 3 is 2.67 bits per heavy atom. The molecular formula is C12H16F2N2O2. The number of halogens is 2. The van der Waals surface area contributed by atoms with Crippen molar-refractivity contribution in [1.82, 2.24) is 10.6 Å². The Hall–Kier alpha value is -1.85. The quantitative estimate of drug-likeness (QED) is 0.794. The number of amides is 2. The van der Waals surface area contributed by atoms with Gasteiger partial charge in [0.15, 0.2) is 11.6 Å². The van der Waals surface area contributed by atoms with E-state index in [9.17, 15) is 13.6 Å². The Morgan fingerprint density at radius 1 is 1.33 bits per heavy atom. The van der Waals surface area contributed by atoms with Crippen molar-refractivity contribution in [3.63, 3.8) is 0 Å². The molecule has 0 fully saturated rings. The molecule has 0 saturated heterocycles. The second-order valence-electron chi connectivity index (χ2n) is 3.98. The molecule has 0 unspecified atom stereocenters. The first-order valence-corrected chi connectivity index (χ1v) is 5.61. The molecule has 0 radical (unpaired) electrons. The molecule has 6 heteroatoms. The summed E-state index contributed by atoms with van der Waals surface area (Å²) < 4.78 is 30.6. The molecule has 100 valence electrons. The topological polar surface area (TPSA) is 50.4 Å². The maximum atomic E-state index is 12.8. The lowest BCUT2D eigenvalue weighted by Crippen LogP contribution is -2.41. The van der Waals surface area contributed by atoms with Crippen molar-refractivity contribution >= 4 is 6.03 Å². The van der Waals surface area contributed by atoms with Crippen LogP contribution in [0.3, 0.4) is 0 Å². The summed E-state index contributed by atoms with van der Waals surface area (Å²) in [5.74, 6) is -1.66. The van der Waals surface area contributed by atoms with Crippen LogP contribution in [0.1, 0.15) is 13.8 Å². The van der Waals surface area contributed by atoms with Crippen molar-refractivity contribution in [2.75, 3.05) is 13.2 Å². The highest BCUT2D eigenvalue weighted by Crippen LogP contribution is 2.14. The van der Waals surface area contributed by atoms with Gasteiger partial charge in [0.05, 0.1) is 6.54 Å². The molecule has 1 aromatic rings. The molecule has 0 heterocycles. The Balaban J connectivity index is 2.25. The average molecular weight is 258 g/mol. The molecule has 0 aromatic heterocycles. The van der Waals surface area contributed by atoms with Crippen molar-refractivity contribution in [3.8, 4) is 5.75 Å². The lowest BCUT2D eigenvalue weighted by Gasteiger charge is -2.10. The minimum atomic E-state index is -0.960. The number of carbonyl (C=O) groups is 1. The fraction of sp³-hybridized carbons (Fsp3) is 0.417. The molecule has 1 aromatic carbocycles. The number of carbonyl (C=O) groups excluding carboxylic acids is 1. The van der Waals surface area contributed by atoms with E-state index in [1.807, 2.05) is 13.8 Å². The highest BCUT2D eigenvalue weighted by atomic mass is 19.2. The minimum Gasteiger partial charge on any atom is -0.492 e. The summed E-state index contributed by atoms with van der Waals surface area (Å²) >= 11 is 0. The summed E-state index contributed by atoms with van der Waals surface area (Å²) in [6.45, 7) is 4.14. The maximum Gasteiger partial charge on any atom is 0.315 e. The van der Waals surface area contributed by atoms with Crippen molar-refractivity contribution in [2.24, 2.45) is 0 Å². The van der Waals surface area contributed by atoms with Crippen LogP contribution >= 0.6 is 0 Å². The van der Waals surface area contributed by atoms with E-state index in [2.05, 4.69) is 10.6 Å². The monoisotopic (exact) mass is 258 g/mol. The lowest BCUT2D eigenvalue weighted by atomic mass is 10.3. The first-order chi connectivity index (χ1) is 8.49. The standard InChI is InChI=1S/C12H16F2N2O2/c1-8(2)16-12(17)15-5-6-18-9-3-4-10(13)11(14)7-9/h3-4,7-8H,5-6H2,1-2H3,(H2,15,16,17). The second kappa shape index (κ2) is 6.78. The third-order valence-corrected chi connectivity index (χ3v) is 1.97. The second-order valence-corrected chi connectivity index (χ2v) is 3.98. The third kappa shape index (κ3) is 4.99. The average Bonchev–Trinajstić information content (AvgIpc) is 2.28. The highest BCUT2D eigenvalue weighted by molar-refractivity contribution is 5.74. The number of nitrogens with one attached hydrogen (secondary N) is 2. The summed E-state index contributed by atoms with van der Waals surface area (Å²) in [6, 6.07) is 3.04. The first kappa shape index (κ1) is 14.2. The van der Waals surface area contributed by atoms with Gasteiger partial charge in [0.1, 0.15) is 12.4 Å². The molecule has 0 aliphatic heterocycles. The summed E-state index contributed by atoms with van der Waals surface area (Å²) in [7, 11) is 0.